The number of halogens is 1. The largest absolute Gasteiger partial charge is 0.373 e. The quantitative estimate of drug-likeness (QED) is 0.772. The average molecular weight is 293 g/mol. The molecule has 2 rings (SSSR count). The van der Waals surface area contributed by atoms with Crippen LogP contribution in [-0.2, 0) is 11.3 Å². The molecule has 0 aliphatic heterocycles. The van der Waals surface area contributed by atoms with Gasteiger partial charge in [-0.3, -0.25) is 0 Å². The van der Waals surface area contributed by atoms with Crippen molar-refractivity contribution < 1.29 is 9.13 Å². The van der Waals surface area contributed by atoms with E-state index >= 15 is 0 Å². The Labute approximate surface area is 128 Å². The maximum atomic E-state index is 13.7. The van der Waals surface area contributed by atoms with E-state index in [2.05, 4.69) is 26.1 Å². The maximum absolute atomic E-state index is 13.7. The third kappa shape index (κ3) is 3.29. The zero-order valence-corrected chi connectivity index (χ0v) is 13.5. The molecule has 2 atom stereocenters. The first-order chi connectivity index (χ1) is 10.2. The third-order valence-electron chi connectivity index (χ3n) is 5.14. The molecule has 0 spiro atoms. The lowest BCUT2D eigenvalue weighted by Gasteiger charge is -2.55. The van der Waals surface area contributed by atoms with E-state index in [1.807, 2.05) is 6.07 Å². The Balaban J connectivity index is 1.96. The van der Waals surface area contributed by atoms with E-state index in [-0.39, 0.29) is 17.3 Å². The summed E-state index contributed by atoms with van der Waals surface area (Å²) in [6, 6.07) is 7.42. The second kappa shape index (κ2) is 7.37. The molecule has 21 heavy (non-hydrogen) atoms. The van der Waals surface area contributed by atoms with E-state index < -0.39 is 0 Å². The Morgan fingerprint density at radius 3 is 2.57 bits per heavy atom. The Hall–Kier alpha value is -0.930. The first kappa shape index (κ1) is 16.4. The van der Waals surface area contributed by atoms with Crippen LogP contribution in [-0.4, -0.2) is 18.7 Å². The highest BCUT2D eigenvalue weighted by molar-refractivity contribution is 5.16. The molecule has 3 heteroatoms. The van der Waals surface area contributed by atoms with Gasteiger partial charge in [-0.05, 0) is 38.3 Å². The van der Waals surface area contributed by atoms with Crippen molar-refractivity contribution in [3.05, 3.63) is 35.6 Å². The number of nitrogens with one attached hydrogen (secondary N) is 1. The summed E-state index contributed by atoms with van der Waals surface area (Å²) in [6.45, 7) is 8.11. The molecular weight excluding hydrogens is 265 g/mol. The van der Waals surface area contributed by atoms with Crippen LogP contribution < -0.4 is 5.32 Å². The minimum Gasteiger partial charge on any atom is -0.373 e. The van der Waals surface area contributed by atoms with E-state index in [0.717, 1.165) is 32.2 Å². The normalized spacial score (nSPS) is 23.8. The van der Waals surface area contributed by atoms with Crippen molar-refractivity contribution >= 4 is 0 Å². The van der Waals surface area contributed by atoms with Gasteiger partial charge < -0.3 is 10.1 Å². The SMILES string of the molecule is CCCNC1CC(OCc2ccccc2F)C1(CC)CC. The zero-order valence-electron chi connectivity index (χ0n) is 13.5. The van der Waals surface area contributed by atoms with Crippen molar-refractivity contribution in [3.63, 3.8) is 0 Å². The third-order valence-corrected chi connectivity index (χ3v) is 5.14. The lowest BCUT2D eigenvalue weighted by atomic mass is 9.58. The van der Waals surface area contributed by atoms with Crippen LogP contribution in [0.3, 0.4) is 0 Å². The molecule has 1 fully saturated rings. The maximum Gasteiger partial charge on any atom is 0.128 e. The molecule has 0 heterocycles. The van der Waals surface area contributed by atoms with Crippen molar-refractivity contribution in [2.45, 2.75) is 65.2 Å². The van der Waals surface area contributed by atoms with Gasteiger partial charge in [0.25, 0.3) is 0 Å². The molecule has 1 aliphatic carbocycles. The Bertz CT molecular complexity index is 445. The molecule has 0 saturated heterocycles. The number of benzene rings is 1. The van der Waals surface area contributed by atoms with Crippen LogP contribution in [0.25, 0.3) is 0 Å². The van der Waals surface area contributed by atoms with Gasteiger partial charge in [0.05, 0.1) is 12.7 Å². The minimum atomic E-state index is -0.170. The topological polar surface area (TPSA) is 21.3 Å². The summed E-state index contributed by atoms with van der Waals surface area (Å²) < 4.78 is 19.7. The van der Waals surface area contributed by atoms with Gasteiger partial charge in [0.2, 0.25) is 0 Å². The number of hydrogen-bond donors (Lipinski definition) is 1. The highest BCUT2D eigenvalue weighted by Crippen LogP contribution is 2.49. The molecule has 1 aromatic carbocycles. The summed E-state index contributed by atoms with van der Waals surface area (Å²) in [5.41, 5.74) is 0.865. The van der Waals surface area contributed by atoms with Crippen molar-refractivity contribution in [2.75, 3.05) is 6.54 Å². The van der Waals surface area contributed by atoms with Crippen molar-refractivity contribution in [1.82, 2.24) is 5.32 Å². The van der Waals surface area contributed by atoms with E-state index in [4.69, 9.17) is 4.74 Å². The summed E-state index contributed by atoms with van der Waals surface area (Å²) >= 11 is 0. The van der Waals surface area contributed by atoms with Crippen LogP contribution in [0.5, 0.6) is 0 Å². The van der Waals surface area contributed by atoms with Gasteiger partial charge in [-0.25, -0.2) is 4.39 Å². The molecule has 2 unspecified atom stereocenters. The van der Waals surface area contributed by atoms with Crippen LogP contribution in [0.4, 0.5) is 4.39 Å². The Morgan fingerprint density at radius 2 is 1.95 bits per heavy atom. The molecule has 1 N–H and O–H groups in total. The summed E-state index contributed by atoms with van der Waals surface area (Å²) in [7, 11) is 0. The van der Waals surface area contributed by atoms with E-state index in [1.54, 1.807) is 12.1 Å². The van der Waals surface area contributed by atoms with Gasteiger partial charge in [-0.15, -0.1) is 0 Å². The molecule has 0 radical (unpaired) electrons. The fourth-order valence-corrected chi connectivity index (χ4v) is 3.59. The first-order valence-electron chi connectivity index (χ1n) is 8.26. The minimum absolute atomic E-state index is 0.170. The summed E-state index contributed by atoms with van der Waals surface area (Å²) in [6.07, 6.45) is 4.64. The molecule has 1 saturated carbocycles. The van der Waals surface area contributed by atoms with Gasteiger partial charge >= 0.3 is 0 Å². The van der Waals surface area contributed by atoms with Gasteiger partial charge in [0.15, 0.2) is 0 Å². The summed E-state index contributed by atoms with van der Waals surface area (Å²) in [4.78, 5) is 0. The van der Waals surface area contributed by atoms with E-state index in [0.29, 0.717) is 18.2 Å². The van der Waals surface area contributed by atoms with Crippen LogP contribution in [0, 0.1) is 11.2 Å². The fraction of sp³-hybridized carbons (Fsp3) is 0.667. The van der Waals surface area contributed by atoms with E-state index in [9.17, 15) is 4.39 Å². The highest BCUT2D eigenvalue weighted by Gasteiger charge is 2.52. The summed E-state index contributed by atoms with van der Waals surface area (Å²) in [5.74, 6) is -0.170. The molecule has 118 valence electrons. The molecule has 2 nitrogen and oxygen atoms in total. The van der Waals surface area contributed by atoms with Gasteiger partial charge in [0.1, 0.15) is 5.82 Å². The first-order valence-corrected chi connectivity index (χ1v) is 8.26. The lowest BCUT2D eigenvalue weighted by molar-refractivity contribution is -0.147. The molecule has 0 bridgehead atoms. The predicted octanol–water partition coefficient (Wildman–Crippen LogP) is 4.29. The number of hydrogen-bond acceptors (Lipinski definition) is 2. The van der Waals surface area contributed by atoms with Crippen LogP contribution in [0.15, 0.2) is 24.3 Å². The molecular formula is C18H28FNO. The van der Waals surface area contributed by atoms with E-state index in [1.165, 1.54) is 6.07 Å². The number of rotatable bonds is 8. The van der Waals surface area contributed by atoms with Crippen LogP contribution in [0.1, 0.15) is 52.0 Å². The van der Waals surface area contributed by atoms with Crippen molar-refractivity contribution in [3.8, 4) is 0 Å². The molecule has 0 aromatic heterocycles. The number of ether oxygens (including phenoxy) is 1. The van der Waals surface area contributed by atoms with Gasteiger partial charge in [-0.1, -0.05) is 39.0 Å². The molecule has 0 amide bonds. The Morgan fingerprint density at radius 1 is 1.24 bits per heavy atom. The smallest absolute Gasteiger partial charge is 0.128 e. The standard InChI is InChI=1S/C18H28FNO/c1-4-11-20-16-12-17(18(16,5-2)6-3)21-13-14-9-7-8-10-15(14)19/h7-10,16-17,20H,4-6,11-13H2,1-3H3. The van der Waals surface area contributed by atoms with Crippen molar-refractivity contribution in [2.24, 2.45) is 5.41 Å². The second-order valence-corrected chi connectivity index (χ2v) is 6.07. The Kier molecular flexibility index (Phi) is 5.77. The van der Waals surface area contributed by atoms with Crippen molar-refractivity contribution in [1.29, 1.82) is 0 Å². The van der Waals surface area contributed by atoms with Crippen LogP contribution >= 0.6 is 0 Å². The molecule has 1 aliphatic rings. The predicted molar refractivity (Wildman–Crippen MR) is 84.7 cm³/mol. The molecule has 1 aromatic rings. The monoisotopic (exact) mass is 293 g/mol. The lowest BCUT2D eigenvalue weighted by Crippen LogP contribution is -2.63. The second-order valence-electron chi connectivity index (χ2n) is 6.07. The van der Waals surface area contributed by atoms with Crippen LogP contribution in [0.2, 0.25) is 0 Å². The highest BCUT2D eigenvalue weighted by atomic mass is 19.1. The van der Waals surface area contributed by atoms with Gasteiger partial charge in [0, 0.05) is 17.0 Å². The van der Waals surface area contributed by atoms with Gasteiger partial charge in [-0.2, -0.15) is 0 Å². The zero-order chi connectivity index (χ0) is 15.3. The summed E-state index contributed by atoms with van der Waals surface area (Å²) in [5, 5.41) is 3.65. The average Bonchev–Trinajstić information content (AvgIpc) is 2.49. The fourth-order valence-electron chi connectivity index (χ4n) is 3.59.